The highest BCUT2D eigenvalue weighted by atomic mass is 16.1. The smallest absolute Gasteiger partial charge is 0.269 e. The van der Waals surface area contributed by atoms with Gasteiger partial charge < -0.3 is 10.6 Å². The summed E-state index contributed by atoms with van der Waals surface area (Å²) in [6, 6.07) is 14.1. The van der Waals surface area contributed by atoms with E-state index in [9.17, 15) is 4.79 Å². The van der Waals surface area contributed by atoms with Crippen LogP contribution in [0.3, 0.4) is 0 Å². The zero-order chi connectivity index (χ0) is 16.5. The molecule has 4 nitrogen and oxygen atoms in total. The number of anilines is 1. The summed E-state index contributed by atoms with van der Waals surface area (Å²) in [5.74, 6) is 0.318. The van der Waals surface area contributed by atoms with Crippen LogP contribution >= 0.6 is 0 Å². The standard InChI is InChI=1S/C19H25N3O/c1-15(2)13-22-19(23)18-11-10-17(14-21-18)20-12-6-9-16-7-4-3-5-8-16/h3-5,7-8,10-11,14-15,20H,6,9,12-13H2,1-2H3,(H,22,23). The van der Waals surface area contributed by atoms with Crippen molar-refractivity contribution >= 4 is 11.6 Å². The summed E-state index contributed by atoms with van der Waals surface area (Å²) in [7, 11) is 0. The van der Waals surface area contributed by atoms with Gasteiger partial charge in [0, 0.05) is 13.1 Å². The summed E-state index contributed by atoms with van der Waals surface area (Å²) in [5, 5.41) is 6.20. The first kappa shape index (κ1) is 17.0. The summed E-state index contributed by atoms with van der Waals surface area (Å²) in [5.41, 5.74) is 2.75. The highest BCUT2D eigenvalue weighted by molar-refractivity contribution is 5.92. The molecule has 1 aromatic heterocycles. The molecule has 0 aliphatic heterocycles. The summed E-state index contributed by atoms with van der Waals surface area (Å²) in [6.07, 6.45) is 3.82. The molecular formula is C19H25N3O. The summed E-state index contributed by atoms with van der Waals surface area (Å²) < 4.78 is 0. The Morgan fingerprint density at radius 3 is 2.57 bits per heavy atom. The maximum absolute atomic E-state index is 11.9. The minimum absolute atomic E-state index is 0.116. The van der Waals surface area contributed by atoms with E-state index in [0.717, 1.165) is 25.1 Å². The maximum atomic E-state index is 11.9. The Morgan fingerprint density at radius 2 is 1.91 bits per heavy atom. The number of rotatable bonds is 8. The molecule has 2 rings (SSSR count). The van der Waals surface area contributed by atoms with Crippen molar-refractivity contribution in [1.29, 1.82) is 0 Å². The largest absolute Gasteiger partial charge is 0.384 e. The van der Waals surface area contributed by atoms with E-state index in [1.165, 1.54) is 5.56 Å². The second-order valence-electron chi connectivity index (χ2n) is 6.05. The van der Waals surface area contributed by atoms with Gasteiger partial charge in [-0.2, -0.15) is 0 Å². The van der Waals surface area contributed by atoms with Crippen molar-refractivity contribution in [3.63, 3.8) is 0 Å². The molecule has 0 bridgehead atoms. The zero-order valence-electron chi connectivity index (χ0n) is 13.9. The van der Waals surface area contributed by atoms with Crippen LogP contribution in [0, 0.1) is 5.92 Å². The molecular weight excluding hydrogens is 286 g/mol. The molecule has 2 N–H and O–H groups in total. The Hall–Kier alpha value is -2.36. The predicted molar refractivity (Wildman–Crippen MR) is 94.7 cm³/mol. The molecule has 1 heterocycles. The number of hydrogen-bond donors (Lipinski definition) is 2. The third-order valence-corrected chi connectivity index (χ3v) is 3.48. The van der Waals surface area contributed by atoms with E-state index in [-0.39, 0.29) is 5.91 Å². The summed E-state index contributed by atoms with van der Waals surface area (Å²) >= 11 is 0. The van der Waals surface area contributed by atoms with Crippen molar-refractivity contribution in [2.45, 2.75) is 26.7 Å². The topological polar surface area (TPSA) is 54.0 Å². The first-order valence-corrected chi connectivity index (χ1v) is 8.17. The van der Waals surface area contributed by atoms with Gasteiger partial charge in [0.15, 0.2) is 0 Å². The van der Waals surface area contributed by atoms with Crippen LogP contribution in [-0.4, -0.2) is 24.0 Å². The monoisotopic (exact) mass is 311 g/mol. The molecule has 0 aliphatic carbocycles. The molecule has 4 heteroatoms. The molecule has 0 spiro atoms. The average molecular weight is 311 g/mol. The van der Waals surface area contributed by atoms with Crippen LogP contribution in [0.4, 0.5) is 5.69 Å². The first-order chi connectivity index (χ1) is 11.1. The molecule has 0 saturated carbocycles. The number of nitrogens with one attached hydrogen (secondary N) is 2. The van der Waals surface area contributed by atoms with E-state index in [2.05, 4.69) is 53.7 Å². The molecule has 2 aromatic rings. The van der Waals surface area contributed by atoms with Crippen molar-refractivity contribution in [2.75, 3.05) is 18.4 Å². The Kier molecular flexibility index (Phi) is 6.60. The van der Waals surface area contributed by atoms with E-state index >= 15 is 0 Å². The fourth-order valence-electron chi connectivity index (χ4n) is 2.19. The molecule has 0 saturated heterocycles. The lowest BCUT2D eigenvalue weighted by atomic mass is 10.1. The molecule has 0 unspecified atom stereocenters. The number of carbonyl (C=O) groups excluding carboxylic acids is 1. The number of amides is 1. The zero-order valence-corrected chi connectivity index (χ0v) is 13.9. The Bertz CT molecular complexity index is 594. The molecule has 0 radical (unpaired) electrons. The van der Waals surface area contributed by atoms with Crippen molar-refractivity contribution in [3.8, 4) is 0 Å². The number of hydrogen-bond acceptors (Lipinski definition) is 3. The number of pyridine rings is 1. The normalized spacial score (nSPS) is 10.6. The van der Waals surface area contributed by atoms with Gasteiger partial charge in [-0.15, -0.1) is 0 Å². The van der Waals surface area contributed by atoms with Crippen LogP contribution < -0.4 is 10.6 Å². The minimum atomic E-state index is -0.116. The van der Waals surface area contributed by atoms with E-state index in [4.69, 9.17) is 0 Å². The third kappa shape index (κ3) is 6.10. The van der Waals surface area contributed by atoms with Crippen molar-refractivity contribution < 1.29 is 4.79 Å². The summed E-state index contributed by atoms with van der Waals surface area (Å²) in [4.78, 5) is 16.1. The Balaban J connectivity index is 1.73. The number of aryl methyl sites for hydroxylation is 1. The molecule has 23 heavy (non-hydrogen) atoms. The fourth-order valence-corrected chi connectivity index (χ4v) is 2.19. The second-order valence-corrected chi connectivity index (χ2v) is 6.05. The van der Waals surface area contributed by atoms with Gasteiger partial charge in [0.25, 0.3) is 5.91 Å². The number of aromatic nitrogens is 1. The van der Waals surface area contributed by atoms with Gasteiger partial charge in [-0.1, -0.05) is 44.2 Å². The molecule has 0 aliphatic rings. The van der Waals surface area contributed by atoms with Gasteiger partial charge in [0.05, 0.1) is 11.9 Å². The molecule has 1 amide bonds. The van der Waals surface area contributed by atoms with Gasteiger partial charge in [-0.25, -0.2) is 4.98 Å². The quantitative estimate of drug-likeness (QED) is 0.734. The number of carbonyl (C=O) groups is 1. The van der Waals surface area contributed by atoms with Crippen LogP contribution in [0.25, 0.3) is 0 Å². The van der Waals surface area contributed by atoms with Gasteiger partial charge in [0.1, 0.15) is 5.69 Å². The Morgan fingerprint density at radius 1 is 1.13 bits per heavy atom. The van der Waals surface area contributed by atoms with Crippen LogP contribution in [0.2, 0.25) is 0 Å². The predicted octanol–water partition coefficient (Wildman–Crippen LogP) is 3.51. The van der Waals surface area contributed by atoms with Gasteiger partial charge in [-0.3, -0.25) is 4.79 Å². The molecule has 0 atom stereocenters. The lowest BCUT2D eigenvalue weighted by Gasteiger charge is -2.09. The van der Waals surface area contributed by atoms with Crippen LogP contribution in [0.5, 0.6) is 0 Å². The van der Waals surface area contributed by atoms with Gasteiger partial charge >= 0.3 is 0 Å². The van der Waals surface area contributed by atoms with Crippen LogP contribution in [0.15, 0.2) is 48.7 Å². The highest BCUT2D eigenvalue weighted by Crippen LogP contribution is 2.08. The van der Waals surface area contributed by atoms with E-state index in [1.807, 2.05) is 12.1 Å². The van der Waals surface area contributed by atoms with Crippen LogP contribution in [-0.2, 0) is 6.42 Å². The van der Waals surface area contributed by atoms with Crippen LogP contribution in [0.1, 0.15) is 36.3 Å². The maximum Gasteiger partial charge on any atom is 0.269 e. The van der Waals surface area contributed by atoms with E-state index in [0.29, 0.717) is 18.2 Å². The van der Waals surface area contributed by atoms with Crippen molar-refractivity contribution in [2.24, 2.45) is 5.92 Å². The van der Waals surface area contributed by atoms with E-state index in [1.54, 1.807) is 12.3 Å². The fraction of sp³-hybridized carbons (Fsp3) is 0.368. The minimum Gasteiger partial charge on any atom is -0.384 e. The molecule has 1 aromatic carbocycles. The second kappa shape index (κ2) is 8.93. The average Bonchev–Trinajstić information content (AvgIpc) is 2.58. The SMILES string of the molecule is CC(C)CNC(=O)c1ccc(NCCCc2ccccc2)cn1. The first-order valence-electron chi connectivity index (χ1n) is 8.17. The van der Waals surface area contributed by atoms with Crippen molar-refractivity contribution in [3.05, 3.63) is 59.9 Å². The highest BCUT2D eigenvalue weighted by Gasteiger charge is 2.07. The van der Waals surface area contributed by atoms with Gasteiger partial charge in [-0.05, 0) is 36.5 Å². The molecule has 0 fully saturated rings. The number of nitrogens with zero attached hydrogens (tertiary/aromatic N) is 1. The van der Waals surface area contributed by atoms with Crippen molar-refractivity contribution in [1.82, 2.24) is 10.3 Å². The Labute approximate surface area is 138 Å². The third-order valence-electron chi connectivity index (χ3n) is 3.48. The van der Waals surface area contributed by atoms with E-state index < -0.39 is 0 Å². The lowest BCUT2D eigenvalue weighted by Crippen LogP contribution is -2.28. The van der Waals surface area contributed by atoms with Gasteiger partial charge in [0.2, 0.25) is 0 Å². The molecule has 122 valence electrons. The lowest BCUT2D eigenvalue weighted by molar-refractivity contribution is 0.0944. The summed E-state index contributed by atoms with van der Waals surface area (Å²) in [6.45, 7) is 5.68. The number of benzene rings is 1.